The minimum absolute atomic E-state index is 0.240. The lowest BCUT2D eigenvalue weighted by atomic mass is 10.5. The number of rotatable bonds is 5. The molecule has 0 aliphatic rings. The van der Waals surface area contributed by atoms with Crippen LogP contribution in [-0.4, -0.2) is 42.6 Å². The molecule has 0 fully saturated rings. The number of hydrogen-bond donors (Lipinski definition) is 1. The number of likely N-dealkylation sites (N-methyl/N-ethyl adjacent to an activating group) is 1. The van der Waals surface area contributed by atoms with E-state index in [1.165, 1.54) is 13.1 Å². The molecular weight excluding hydrogens is 270 g/mol. The topological polar surface area (TPSA) is 92.5 Å². The molecule has 0 aliphatic carbocycles. The Morgan fingerprint density at radius 3 is 2.76 bits per heavy atom. The number of aromatic nitrogens is 1. The van der Waals surface area contributed by atoms with Gasteiger partial charge in [-0.1, -0.05) is 5.16 Å². The molecule has 96 valence electrons. The average molecular weight is 282 g/mol. The van der Waals surface area contributed by atoms with E-state index in [1.54, 1.807) is 6.92 Å². The van der Waals surface area contributed by atoms with Gasteiger partial charge in [-0.3, -0.25) is 4.79 Å². The predicted molar refractivity (Wildman–Crippen MR) is 62.1 cm³/mol. The summed E-state index contributed by atoms with van der Waals surface area (Å²) in [5.74, 6) is 0.265. The van der Waals surface area contributed by atoms with Crippen molar-refractivity contribution in [1.82, 2.24) is 9.46 Å². The van der Waals surface area contributed by atoms with E-state index in [1.807, 2.05) is 0 Å². The van der Waals surface area contributed by atoms with E-state index in [4.69, 9.17) is 16.1 Å². The third-order valence-corrected chi connectivity index (χ3v) is 4.06. The highest BCUT2D eigenvalue weighted by Gasteiger charge is 2.19. The fourth-order valence-electron chi connectivity index (χ4n) is 0.992. The van der Waals surface area contributed by atoms with Crippen LogP contribution in [0, 0.1) is 6.92 Å². The van der Waals surface area contributed by atoms with Gasteiger partial charge in [-0.05, 0) is 6.92 Å². The van der Waals surface area contributed by atoms with E-state index in [0.717, 1.165) is 4.31 Å². The zero-order valence-corrected chi connectivity index (χ0v) is 10.9. The fourth-order valence-corrected chi connectivity index (χ4v) is 1.97. The summed E-state index contributed by atoms with van der Waals surface area (Å²) < 4.78 is 28.1. The summed E-state index contributed by atoms with van der Waals surface area (Å²) in [6.45, 7) is 1.34. The predicted octanol–water partition coefficient (Wildman–Crippen LogP) is 0.379. The lowest BCUT2D eigenvalue weighted by Gasteiger charge is -2.13. The SMILES string of the molecule is Cc1cc(NC(=O)CN(C)S(=O)(=O)CCl)no1. The second-order valence-electron chi connectivity index (χ2n) is 3.35. The molecule has 0 aliphatic heterocycles. The number of amides is 1. The van der Waals surface area contributed by atoms with Crippen LogP contribution in [0.25, 0.3) is 0 Å². The van der Waals surface area contributed by atoms with Crippen LogP contribution in [0.5, 0.6) is 0 Å². The number of anilines is 1. The molecule has 0 aromatic carbocycles. The van der Waals surface area contributed by atoms with Crippen LogP contribution >= 0.6 is 11.6 Å². The Balaban J connectivity index is 2.56. The highest BCUT2D eigenvalue weighted by molar-refractivity contribution is 7.90. The van der Waals surface area contributed by atoms with Crippen molar-refractivity contribution in [2.75, 3.05) is 24.1 Å². The van der Waals surface area contributed by atoms with Gasteiger partial charge in [0.2, 0.25) is 15.9 Å². The molecular formula is C8H12ClN3O4S. The third-order valence-electron chi connectivity index (χ3n) is 1.87. The number of halogens is 1. The highest BCUT2D eigenvalue weighted by atomic mass is 35.5. The third kappa shape index (κ3) is 3.99. The molecule has 0 unspecified atom stereocenters. The lowest BCUT2D eigenvalue weighted by Crippen LogP contribution is -2.35. The average Bonchev–Trinajstić information content (AvgIpc) is 2.63. The van der Waals surface area contributed by atoms with Crippen LogP contribution < -0.4 is 5.32 Å². The first-order valence-electron chi connectivity index (χ1n) is 4.58. The summed E-state index contributed by atoms with van der Waals surface area (Å²) in [7, 11) is -2.32. The van der Waals surface area contributed by atoms with Crippen molar-refractivity contribution in [3.05, 3.63) is 11.8 Å². The molecule has 1 amide bonds. The van der Waals surface area contributed by atoms with Crippen LogP contribution in [0.15, 0.2) is 10.6 Å². The van der Waals surface area contributed by atoms with E-state index in [2.05, 4.69) is 10.5 Å². The Labute approximate surface area is 104 Å². The van der Waals surface area contributed by atoms with Gasteiger partial charge in [-0.25, -0.2) is 8.42 Å². The Bertz CT molecular complexity index is 499. The summed E-state index contributed by atoms with van der Waals surface area (Å²) in [6, 6.07) is 1.52. The molecule has 0 saturated heterocycles. The summed E-state index contributed by atoms with van der Waals surface area (Å²) in [6.07, 6.45) is 0. The van der Waals surface area contributed by atoms with Crippen LogP contribution in [-0.2, 0) is 14.8 Å². The maximum Gasteiger partial charge on any atom is 0.240 e. The summed E-state index contributed by atoms with van der Waals surface area (Å²) in [5, 5.41) is 5.37. The number of carbonyl (C=O) groups excluding carboxylic acids is 1. The van der Waals surface area contributed by atoms with Crippen molar-refractivity contribution in [2.45, 2.75) is 6.92 Å². The monoisotopic (exact) mass is 281 g/mol. The Hall–Kier alpha value is -1.12. The zero-order valence-electron chi connectivity index (χ0n) is 9.31. The van der Waals surface area contributed by atoms with Crippen molar-refractivity contribution >= 4 is 33.3 Å². The first-order valence-corrected chi connectivity index (χ1v) is 6.72. The number of nitrogens with zero attached hydrogens (tertiary/aromatic N) is 2. The number of aryl methyl sites for hydroxylation is 1. The molecule has 1 aromatic rings. The summed E-state index contributed by atoms with van der Waals surface area (Å²) in [5.41, 5.74) is 0. The molecule has 1 heterocycles. The standard InChI is InChI=1S/C8H12ClN3O4S/c1-6-3-7(11-16-6)10-8(13)4-12(2)17(14,15)5-9/h3H,4-5H2,1-2H3,(H,10,11,13). The second-order valence-corrected chi connectivity index (χ2v) is 6.01. The van der Waals surface area contributed by atoms with Gasteiger partial charge in [0.25, 0.3) is 0 Å². The van der Waals surface area contributed by atoms with E-state index < -0.39 is 21.1 Å². The van der Waals surface area contributed by atoms with Crippen molar-refractivity contribution in [3.8, 4) is 0 Å². The molecule has 7 nitrogen and oxygen atoms in total. The van der Waals surface area contributed by atoms with Gasteiger partial charge in [0, 0.05) is 13.1 Å². The molecule has 0 radical (unpaired) electrons. The Kier molecular flexibility index (Phi) is 4.49. The first kappa shape index (κ1) is 13.9. The van der Waals surface area contributed by atoms with Crippen molar-refractivity contribution in [1.29, 1.82) is 0 Å². The number of alkyl halides is 1. The number of sulfonamides is 1. The summed E-state index contributed by atoms with van der Waals surface area (Å²) >= 11 is 5.25. The quantitative estimate of drug-likeness (QED) is 0.788. The van der Waals surface area contributed by atoms with Gasteiger partial charge in [0.05, 0.1) is 6.54 Å². The van der Waals surface area contributed by atoms with Crippen LogP contribution in [0.4, 0.5) is 5.82 Å². The largest absolute Gasteiger partial charge is 0.360 e. The molecule has 1 N–H and O–H groups in total. The van der Waals surface area contributed by atoms with Crippen molar-refractivity contribution < 1.29 is 17.7 Å². The van der Waals surface area contributed by atoms with Gasteiger partial charge >= 0.3 is 0 Å². The minimum atomic E-state index is -3.59. The maximum atomic E-state index is 11.5. The van der Waals surface area contributed by atoms with Gasteiger partial charge in [0.1, 0.15) is 11.0 Å². The Morgan fingerprint density at radius 1 is 1.65 bits per heavy atom. The maximum absolute atomic E-state index is 11.5. The van der Waals surface area contributed by atoms with E-state index in [9.17, 15) is 13.2 Å². The molecule has 0 saturated carbocycles. The van der Waals surface area contributed by atoms with Crippen LogP contribution in [0.3, 0.4) is 0 Å². The molecule has 0 bridgehead atoms. The molecule has 0 spiro atoms. The van der Waals surface area contributed by atoms with Gasteiger partial charge in [-0.15, -0.1) is 11.6 Å². The van der Waals surface area contributed by atoms with Crippen molar-refractivity contribution in [2.24, 2.45) is 0 Å². The van der Waals surface area contributed by atoms with Crippen LogP contribution in [0.2, 0.25) is 0 Å². The Morgan fingerprint density at radius 2 is 2.29 bits per heavy atom. The zero-order chi connectivity index (χ0) is 13.1. The number of nitrogens with one attached hydrogen (secondary N) is 1. The molecule has 1 rings (SSSR count). The number of carbonyl (C=O) groups is 1. The van der Waals surface area contributed by atoms with E-state index in [-0.39, 0.29) is 12.4 Å². The normalized spacial score (nSPS) is 11.8. The number of hydrogen-bond acceptors (Lipinski definition) is 5. The van der Waals surface area contributed by atoms with Gasteiger partial charge < -0.3 is 9.84 Å². The summed E-state index contributed by atoms with van der Waals surface area (Å²) in [4.78, 5) is 11.5. The second kappa shape index (κ2) is 5.48. The smallest absolute Gasteiger partial charge is 0.240 e. The van der Waals surface area contributed by atoms with Crippen LogP contribution in [0.1, 0.15) is 5.76 Å². The fraction of sp³-hybridized carbons (Fsp3) is 0.500. The first-order chi connectivity index (χ1) is 7.85. The van der Waals surface area contributed by atoms with Gasteiger partial charge in [0.15, 0.2) is 5.82 Å². The molecule has 1 aromatic heterocycles. The lowest BCUT2D eigenvalue weighted by molar-refractivity contribution is -0.116. The molecule has 9 heteroatoms. The molecule has 0 atom stereocenters. The minimum Gasteiger partial charge on any atom is -0.360 e. The van der Waals surface area contributed by atoms with E-state index >= 15 is 0 Å². The highest BCUT2D eigenvalue weighted by Crippen LogP contribution is 2.07. The van der Waals surface area contributed by atoms with Crippen molar-refractivity contribution in [3.63, 3.8) is 0 Å². The van der Waals surface area contributed by atoms with Gasteiger partial charge in [-0.2, -0.15) is 4.31 Å². The molecule has 17 heavy (non-hydrogen) atoms. The van der Waals surface area contributed by atoms with E-state index in [0.29, 0.717) is 5.76 Å².